The highest BCUT2D eigenvalue weighted by atomic mass is 19.1. The van der Waals surface area contributed by atoms with Crippen molar-refractivity contribution in [3.63, 3.8) is 0 Å². The van der Waals surface area contributed by atoms with E-state index in [1.165, 1.54) is 12.3 Å². The number of amides is 1. The molecule has 0 bridgehead atoms. The number of hydrogen-bond acceptors (Lipinski definition) is 2. The van der Waals surface area contributed by atoms with E-state index in [-0.39, 0.29) is 5.91 Å². The van der Waals surface area contributed by atoms with E-state index < -0.39 is 5.95 Å². The van der Waals surface area contributed by atoms with E-state index in [0.29, 0.717) is 12.1 Å². The van der Waals surface area contributed by atoms with E-state index in [2.05, 4.69) is 10.3 Å². The molecule has 0 radical (unpaired) electrons. The van der Waals surface area contributed by atoms with Crippen LogP contribution in [0.15, 0.2) is 30.5 Å². The fourth-order valence-corrected chi connectivity index (χ4v) is 1.08. The minimum absolute atomic E-state index is 0.277. The Labute approximate surface area is 88.0 Å². The highest BCUT2D eigenvalue weighted by Gasteiger charge is 2.04. The molecule has 1 heterocycles. The molecule has 4 heteroatoms. The average molecular weight is 208 g/mol. The first-order valence-electron chi connectivity index (χ1n) is 4.75. The maximum absolute atomic E-state index is 12.7. The Morgan fingerprint density at radius 2 is 2.47 bits per heavy atom. The fraction of sp³-hybridized carbons (Fsp3) is 0.273. The van der Waals surface area contributed by atoms with E-state index in [0.717, 1.165) is 12.5 Å². The van der Waals surface area contributed by atoms with Gasteiger partial charge in [-0.15, -0.1) is 0 Å². The third-order valence-corrected chi connectivity index (χ3v) is 1.82. The van der Waals surface area contributed by atoms with Crippen molar-refractivity contribution < 1.29 is 9.18 Å². The minimum Gasteiger partial charge on any atom is -0.352 e. The maximum Gasteiger partial charge on any atom is 0.251 e. The van der Waals surface area contributed by atoms with Crippen molar-refractivity contribution in [1.82, 2.24) is 10.3 Å². The van der Waals surface area contributed by atoms with Gasteiger partial charge in [-0.25, -0.2) is 4.98 Å². The number of allylic oxidation sites excluding steroid dienone is 1. The Morgan fingerprint density at radius 1 is 1.67 bits per heavy atom. The van der Waals surface area contributed by atoms with Crippen molar-refractivity contribution in [2.24, 2.45) is 0 Å². The van der Waals surface area contributed by atoms with Crippen molar-refractivity contribution in [2.75, 3.05) is 6.54 Å². The molecular formula is C11H13FN2O. The Hall–Kier alpha value is -1.71. The van der Waals surface area contributed by atoms with Gasteiger partial charge in [0, 0.05) is 24.4 Å². The van der Waals surface area contributed by atoms with Gasteiger partial charge in [-0.1, -0.05) is 12.2 Å². The second-order valence-corrected chi connectivity index (χ2v) is 2.98. The lowest BCUT2D eigenvalue weighted by Crippen LogP contribution is -2.24. The number of nitrogens with one attached hydrogen (secondary N) is 1. The van der Waals surface area contributed by atoms with Gasteiger partial charge in [-0.05, 0) is 19.4 Å². The molecule has 0 atom stereocenters. The normalized spacial score (nSPS) is 10.5. The summed E-state index contributed by atoms with van der Waals surface area (Å²) in [5.41, 5.74) is 0.294. The molecule has 0 aromatic carbocycles. The van der Waals surface area contributed by atoms with Crippen molar-refractivity contribution in [1.29, 1.82) is 0 Å². The topological polar surface area (TPSA) is 42.0 Å². The lowest BCUT2D eigenvalue weighted by molar-refractivity contribution is 0.0953. The van der Waals surface area contributed by atoms with Gasteiger partial charge in [0.15, 0.2) is 0 Å². The fourth-order valence-electron chi connectivity index (χ4n) is 1.08. The van der Waals surface area contributed by atoms with Crippen LogP contribution >= 0.6 is 0 Å². The van der Waals surface area contributed by atoms with E-state index in [1.807, 2.05) is 19.1 Å². The Morgan fingerprint density at radius 3 is 3.13 bits per heavy atom. The predicted octanol–water partition coefficient (Wildman–Crippen LogP) is 1.92. The highest BCUT2D eigenvalue weighted by Crippen LogP contribution is 1.99. The molecule has 0 fully saturated rings. The largest absolute Gasteiger partial charge is 0.352 e. The number of carbonyl (C=O) groups is 1. The summed E-state index contributed by atoms with van der Waals surface area (Å²) in [6, 6.07) is 2.60. The van der Waals surface area contributed by atoms with Crippen molar-refractivity contribution in [2.45, 2.75) is 13.3 Å². The van der Waals surface area contributed by atoms with Crippen LogP contribution in [-0.4, -0.2) is 17.4 Å². The second-order valence-electron chi connectivity index (χ2n) is 2.98. The molecule has 1 rings (SSSR count). The summed E-state index contributed by atoms with van der Waals surface area (Å²) in [7, 11) is 0. The van der Waals surface area contributed by atoms with Crippen LogP contribution in [-0.2, 0) is 0 Å². The zero-order valence-electron chi connectivity index (χ0n) is 8.53. The third kappa shape index (κ3) is 3.89. The third-order valence-electron chi connectivity index (χ3n) is 1.82. The average Bonchev–Trinajstić information content (AvgIpc) is 2.24. The Bertz CT molecular complexity index is 363. The van der Waals surface area contributed by atoms with Crippen LogP contribution in [0.2, 0.25) is 0 Å². The molecule has 0 unspecified atom stereocenters. The standard InChI is InChI=1S/C11H13FN2O/c1-2-3-4-6-14-11(15)9-5-7-13-10(12)8-9/h2-3,5,7-8H,4,6H2,1H3,(H,14,15)/b3-2+. The molecular weight excluding hydrogens is 195 g/mol. The number of pyridine rings is 1. The molecule has 1 aromatic heterocycles. The van der Waals surface area contributed by atoms with E-state index in [9.17, 15) is 9.18 Å². The van der Waals surface area contributed by atoms with Crippen LogP contribution in [0.1, 0.15) is 23.7 Å². The van der Waals surface area contributed by atoms with Crippen LogP contribution in [0.3, 0.4) is 0 Å². The summed E-state index contributed by atoms with van der Waals surface area (Å²) in [5, 5.41) is 2.68. The Balaban J connectivity index is 2.47. The first-order valence-corrected chi connectivity index (χ1v) is 4.75. The first-order chi connectivity index (χ1) is 7.24. The highest BCUT2D eigenvalue weighted by molar-refractivity contribution is 5.93. The van der Waals surface area contributed by atoms with Crippen molar-refractivity contribution in [3.05, 3.63) is 42.0 Å². The zero-order chi connectivity index (χ0) is 11.1. The molecule has 0 aliphatic heterocycles. The summed E-state index contributed by atoms with van der Waals surface area (Å²) in [5.74, 6) is -0.920. The molecule has 1 aromatic rings. The molecule has 0 spiro atoms. The molecule has 0 aliphatic rings. The monoisotopic (exact) mass is 208 g/mol. The molecule has 80 valence electrons. The summed E-state index contributed by atoms with van der Waals surface area (Å²) in [6.07, 6.45) is 5.91. The van der Waals surface area contributed by atoms with Gasteiger partial charge in [0.05, 0.1) is 0 Å². The van der Waals surface area contributed by atoms with Crippen molar-refractivity contribution >= 4 is 5.91 Å². The maximum atomic E-state index is 12.7. The van der Waals surface area contributed by atoms with Crippen LogP contribution in [0.4, 0.5) is 4.39 Å². The zero-order valence-corrected chi connectivity index (χ0v) is 8.53. The summed E-state index contributed by atoms with van der Waals surface area (Å²) in [6.45, 7) is 2.47. The predicted molar refractivity (Wildman–Crippen MR) is 56.0 cm³/mol. The van der Waals surface area contributed by atoms with E-state index in [1.54, 1.807) is 0 Å². The molecule has 0 aliphatic carbocycles. The first kappa shape index (κ1) is 11.4. The van der Waals surface area contributed by atoms with Gasteiger partial charge in [-0.2, -0.15) is 4.39 Å². The van der Waals surface area contributed by atoms with Gasteiger partial charge >= 0.3 is 0 Å². The van der Waals surface area contributed by atoms with Gasteiger partial charge < -0.3 is 5.32 Å². The van der Waals surface area contributed by atoms with Crippen LogP contribution in [0, 0.1) is 5.95 Å². The van der Waals surface area contributed by atoms with Crippen LogP contribution in [0.25, 0.3) is 0 Å². The van der Waals surface area contributed by atoms with Gasteiger partial charge in [-0.3, -0.25) is 4.79 Å². The molecule has 1 amide bonds. The number of hydrogen-bond donors (Lipinski definition) is 1. The van der Waals surface area contributed by atoms with Gasteiger partial charge in [0.2, 0.25) is 5.95 Å². The number of rotatable bonds is 4. The number of carbonyl (C=O) groups excluding carboxylic acids is 1. The number of halogens is 1. The molecule has 3 nitrogen and oxygen atoms in total. The number of aromatic nitrogens is 1. The molecule has 0 saturated carbocycles. The van der Waals surface area contributed by atoms with Crippen LogP contribution in [0.5, 0.6) is 0 Å². The quantitative estimate of drug-likeness (QED) is 0.466. The summed E-state index contributed by atoms with van der Waals surface area (Å²) < 4.78 is 12.7. The van der Waals surface area contributed by atoms with Crippen LogP contribution < -0.4 is 5.32 Å². The van der Waals surface area contributed by atoms with Gasteiger partial charge in [0.1, 0.15) is 0 Å². The summed E-state index contributed by atoms with van der Waals surface area (Å²) >= 11 is 0. The molecule has 1 N–H and O–H groups in total. The summed E-state index contributed by atoms with van der Waals surface area (Å²) in [4.78, 5) is 14.8. The van der Waals surface area contributed by atoms with E-state index >= 15 is 0 Å². The molecule has 0 saturated heterocycles. The van der Waals surface area contributed by atoms with Crippen molar-refractivity contribution in [3.8, 4) is 0 Å². The Kier molecular flexibility index (Phi) is 4.47. The SMILES string of the molecule is C/C=C/CCNC(=O)c1ccnc(F)c1. The van der Waals surface area contributed by atoms with Gasteiger partial charge in [0.25, 0.3) is 5.91 Å². The molecule has 15 heavy (non-hydrogen) atoms. The number of nitrogens with zero attached hydrogens (tertiary/aromatic N) is 1. The smallest absolute Gasteiger partial charge is 0.251 e. The lowest BCUT2D eigenvalue weighted by atomic mass is 10.2. The van der Waals surface area contributed by atoms with E-state index in [4.69, 9.17) is 0 Å². The second kappa shape index (κ2) is 5.90. The lowest BCUT2D eigenvalue weighted by Gasteiger charge is -2.02. The minimum atomic E-state index is -0.642.